The number of nitriles is 1. The van der Waals surface area contributed by atoms with E-state index in [1.807, 2.05) is 0 Å². The van der Waals surface area contributed by atoms with E-state index in [9.17, 15) is 19.6 Å². The highest BCUT2D eigenvalue weighted by Gasteiger charge is 2.42. The highest BCUT2D eigenvalue weighted by atomic mass is 19.1. The van der Waals surface area contributed by atoms with Crippen LogP contribution in [0.15, 0.2) is 12.1 Å². The molecular weight excluding hydrogens is 315 g/mol. The third-order valence-corrected chi connectivity index (χ3v) is 4.46. The third-order valence-electron chi connectivity index (χ3n) is 4.46. The molecule has 0 spiro atoms. The largest absolute Gasteiger partial charge is 0.481 e. The summed E-state index contributed by atoms with van der Waals surface area (Å²) >= 11 is 0. The molecule has 1 aliphatic rings. The number of aromatic nitrogens is 1. The maximum Gasteiger partial charge on any atom is 0.306 e. The molecule has 2 heterocycles. The first-order valence-electron chi connectivity index (χ1n) is 7.60. The predicted molar refractivity (Wildman–Crippen MR) is 83.1 cm³/mol. The number of carbonyl (C=O) groups is 1. The van der Waals surface area contributed by atoms with E-state index in [-0.39, 0.29) is 11.9 Å². The molecule has 1 aromatic heterocycles. The first-order valence-corrected chi connectivity index (χ1v) is 7.60. The van der Waals surface area contributed by atoms with Crippen molar-refractivity contribution >= 4 is 16.9 Å². The number of fused-ring (bicyclic) bond motifs is 3. The van der Waals surface area contributed by atoms with E-state index >= 15 is 0 Å². The molecule has 0 saturated carbocycles. The summed E-state index contributed by atoms with van der Waals surface area (Å²) in [6.45, 7) is 0.605. The number of carboxylic acids is 1. The zero-order valence-corrected chi connectivity index (χ0v) is 13.2. The monoisotopic (exact) mass is 332 g/mol. The number of H-pyrrole nitrogens is 1. The van der Waals surface area contributed by atoms with Crippen LogP contribution in [-0.2, 0) is 26.3 Å². The molecule has 1 aromatic carbocycles. The van der Waals surface area contributed by atoms with Gasteiger partial charge in [0.05, 0.1) is 35.9 Å². The molecule has 0 fully saturated rings. The Morgan fingerprint density at radius 3 is 3.04 bits per heavy atom. The quantitative estimate of drug-likeness (QED) is 0.877. The van der Waals surface area contributed by atoms with Crippen LogP contribution in [0.2, 0.25) is 0 Å². The summed E-state index contributed by atoms with van der Waals surface area (Å²) in [5, 5.41) is 19.2. The topological polar surface area (TPSA) is 95.3 Å². The van der Waals surface area contributed by atoms with Gasteiger partial charge >= 0.3 is 5.97 Å². The molecule has 126 valence electrons. The number of nitrogens with one attached hydrogen (secondary N) is 1. The van der Waals surface area contributed by atoms with Gasteiger partial charge in [-0.15, -0.1) is 0 Å². The Hall–Kier alpha value is -2.43. The van der Waals surface area contributed by atoms with Gasteiger partial charge in [-0.1, -0.05) is 0 Å². The van der Waals surface area contributed by atoms with Gasteiger partial charge in [-0.2, -0.15) is 5.26 Å². The van der Waals surface area contributed by atoms with Gasteiger partial charge in [0.15, 0.2) is 0 Å². The van der Waals surface area contributed by atoms with E-state index in [1.165, 1.54) is 19.2 Å². The number of benzene rings is 1. The van der Waals surface area contributed by atoms with Gasteiger partial charge in [0.2, 0.25) is 0 Å². The van der Waals surface area contributed by atoms with Crippen LogP contribution in [0, 0.1) is 17.1 Å². The van der Waals surface area contributed by atoms with Crippen LogP contribution in [0.4, 0.5) is 4.39 Å². The van der Waals surface area contributed by atoms with E-state index in [0.717, 1.165) is 5.56 Å². The number of carboxylic acid groups (broad SMARTS) is 1. The molecule has 0 radical (unpaired) electrons. The lowest BCUT2D eigenvalue weighted by Gasteiger charge is -2.36. The van der Waals surface area contributed by atoms with Crippen molar-refractivity contribution in [3.8, 4) is 6.07 Å². The van der Waals surface area contributed by atoms with Gasteiger partial charge in [0.25, 0.3) is 0 Å². The second kappa shape index (κ2) is 6.23. The minimum atomic E-state index is -1.12. The Balaban J connectivity index is 2.26. The molecule has 2 N–H and O–H groups in total. The van der Waals surface area contributed by atoms with Crippen molar-refractivity contribution in [1.82, 2.24) is 4.98 Å². The molecule has 0 amide bonds. The molecule has 1 aliphatic heterocycles. The standard InChI is InChI=1S/C17H17FN2O4/c1-23-7-5-17(8-13(21)22)16-11(4-6-24-17)14-10(9-19)2-3-12(18)15(14)20-16/h2-3,20H,4-8H2,1H3,(H,21,22). The molecule has 24 heavy (non-hydrogen) atoms. The minimum Gasteiger partial charge on any atom is -0.481 e. The number of nitrogens with zero attached hydrogens (tertiary/aromatic N) is 1. The van der Waals surface area contributed by atoms with Crippen molar-refractivity contribution in [2.45, 2.75) is 24.9 Å². The fraction of sp³-hybridized carbons (Fsp3) is 0.412. The van der Waals surface area contributed by atoms with E-state index in [2.05, 4.69) is 11.1 Å². The molecule has 6 nitrogen and oxygen atoms in total. The Morgan fingerprint density at radius 1 is 1.58 bits per heavy atom. The summed E-state index contributed by atoms with van der Waals surface area (Å²) in [6.07, 6.45) is 0.542. The smallest absolute Gasteiger partial charge is 0.306 e. The van der Waals surface area contributed by atoms with Crippen LogP contribution >= 0.6 is 0 Å². The fourth-order valence-electron chi connectivity index (χ4n) is 3.43. The van der Waals surface area contributed by atoms with Crippen LogP contribution in [0.1, 0.15) is 29.7 Å². The summed E-state index contributed by atoms with van der Waals surface area (Å²) < 4.78 is 25.2. The van der Waals surface area contributed by atoms with Crippen LogP contribution in [0.3, 0.4) is 0 Å². The first kappa shape index (κ1) is 16.4. The summed E-state index contributed by atoms with van der Waals surface area (Å²) in [5.74, 6) is -1.49. The van der Waals surface area contributed by atoms with Crippen molar-refractivity contribution in [3.05, 3.63) is 34.8 Å². The van der Waals surface area contributed by atoms with Crippen molar-refractivity contribution in [3.63, 3.8) is 0 Å². The van der Waals surface area contributed by atoms with E-state index in [0.29, 0.717) is 42.7 Å². The fourth-order valence-corrected chi connectivity index (χ4v) is 3.43. The van der Waals surface area contributed by atoms with Crippen LogP contribution in [-0.4, -0.2) is 36.4 Å². The molecular formula is C17H17FN2O4. The Morgan fingerprint density at radius 2 is 2.38 bits per heavy atom. The maximum atomic E-state index is 14.2. The summed E-state index contributed by atoms with van der Waals surface area (Å²) in [5.41, 5.74) is 0.751. The average molecular weight is 332 g/mol. The summed E-state index contributed by atoms with van der Waals surface area (Å²) in [6, 6.07) is 4.75. The zero-order valence-electron chi connectivity index (χ0n) is 13.2. The minimum absolute atomic E-state index is 0.219. The van der Waals surface area contributed by atoms with E-state index < -0.39 is 17.4 Å². The van der Waals surface area contributed by atoms with Crippen LogP contribution in [0.25, 0.3) is 10.9 Å². The molecule has 1 atom stereocenters. The van der Waals surface area contributed by atoms with Gasteiger partial charge in [0, 0.05) is 25.5 Å². The van der Waals surface area contributed by atoms with Crippen molar-refractivity contribution in [2.75, 3.05) is 20.3 Å². The lowest BCUT2D eigenvalue weighted by atomic mass is 9.85. The second-order valence-electron chi connectivity index (χ2n) is 5.84. The Kier molecular flexibility index (Phi) is 4.26. The van der Waals surface area contributed by atoms with Gasteiger partial charge in [0.1, 0.15) is 11.4 Å². The number of methoxy groups -OCH3 is 1. The van der Waals surface area contributed by atoms with Gasteiger partial charge < -0.3 is 19.6 Å². The molecule has 2 aromatic rings. The normalized spacial score (nSPS) is 19.9. The molecule has 0 saturated heterocycles. The number of hydrogen-bond acceptors (Lipinski definition) is 4. The van der Waals surface area contributed by atoms with Crippen LogP contribution < -0.4 is 0 Å². The van der Waals surface area contributed by atoms with E-state index in [1.54, 1.807) is 0 Å². The Labute approximate surface area is 137 Å². The van der Waals surface area contributed by atoms with E-state index in [4.69, 9.17) is 9.47 Å². The van der Waals surface area contributed by atoms with Crippen molar-refractivity contribution in [1.29, 1.82) is 5.26 Å². The number of hydrogen-bond donors (Lipinski definition) is 2. The second-order valence-corrected chi connectivity index (χ2v) is 5.84. The number of ether oxygens (including phenoxy) is 2. The zero-order chi connectivity index (χ0) is 17.3. The maximum absolute atomic E-state index is 14.2. The third kappa shape index (κ3) is 2.54. The Bertz CT molecular complexity index is 839. The first-order chi connectivity index (χ1) is 11.5. The van der Waals surface area contributed by atoms with Crippen molar-refractivity contribution < 1.29 is 23.8 Å². The van der Waals surface area contributed by atoms with Crippen molar-refractivity contribution in [2.24, 2.45) is 0 Å². The number of rotatable bonds is 5. The molecule has 0 aliphatic carbocycles. The number of aromatic amines is 1. The van der Waals surface area contributed by atoms with Gasteiger partial charge in [-0.25, -0.2) is 4.39 Å². The molecule has 1 unspecified atom stereocenters. The van der Waals surface area contributed by atoms with Gasteiger partial charge in [-0.3, -0.25) is 4.79 Å². The summed E-state index contributed by atoms with van der Waals surface area (Å²) in [7, 11) is 1.52. The van der Waals surface area contributed by atoms with Crippen LogP contribution in [0.5, 0.6) is 0 Å². The molecule has 7 heteroatoms. The number of aliphatic carboxylic acids is 1. The molecule has 3 rings (SSSR count). The lowest BCUT2D eigenvalue weighted by Crippen LogP contribution is -2.39. The highest BCUT2D eigenvalue weighted by molar-refractivity contribution is 5.91. The highest BCUT2D eigenvalue weighted by Crippen LogP contribution is 2.42. The summed E-state index contributed by atoms with van der Waals surface area (Å²) in [4.78, 5) is 14.4. The SMILES string of the molecule is COCCC1(CC(=O)O)OCCc2c1[nH]c1c(F)ccc(C#N)c21. The van der Waals surface area contributed by atoms with Gasteiger partial charge in [-0.05, 0) is 24.1 Å². The lowest BCUT2D eigenvalue weighted by molar-refractivity contribution is -0.150. The molecule has 0 bridgehead atoms. The average Bonchev–Trinajstić information content (AvgIpc) is 2.95. The predicted octanol–water partition coefficient (Wildman–Crippen LogP) is 2.46. The number of halogens is 1.